The van der Waals surface area contributed by atoms with Gasteiger partial charge in [0.25, 0.3) is 5.91 Å². The number of likely N-dealkylation sites (tertiary alicyclic amines) is 1. The Hall–Kier alpha value is -4.35. The van der Waals surface area contributed by atoms with Crippen LogP contribution < -0.4 is 16.3 Å². The average molecular weight is 597 g/mol. The van der Waals surface area contributed by atoms with Gasteiger partial charge in [0.1, 0.15) is 11.9 Å². The van der Waals surface area contributed by atoms with Gasteiger partial charge in [-0.15, -0.1) is 0 Å². The van der Waals surface area contributed by atoms with E-state index in [0.717, 1.165) is 22.9 Å². The Kier molecular flexibility index (Phi) is 8.27. The first-order valence-electron chi connectivity index (χ1n) is 12.9. The largest absolute Gasteiger partial charge is 0.480 e. The summed E-state index contributed by atoms with van der Waals surface area (Å²) in [6.45, 7) is 0.574. The van der Waals surface area contributed by atoms with E-state index in [1.54, 1.807) is 11.0 Å². The minimum absolute atomic E-state index is 0.0287. The number of hydrogen-bond donors (Lipinski definition) is 4. The van der Waals surface area contributed by atoms with Gasteiger partial charge in [-0.05, 0) is 48.6 Å². The quantitative estimate of drug-likeness (QED) is 0.249. The monoisotopic (exact) mass is 596 g/mol. The number of fused-ring (bicyclic) bond motifs is 1. The summed E-state index contributed by atoms with van der Waals surface area (Å²) in [6, 6.07) is 12.1. The first-order chi connectivity index (χ1) is 19.7. The second-order valence-corrected chi connectivity index (χ2v) is 10.5. The highest BCUT2D eigenvalue weighted by Gasteiger charge is 2.29. The van der Waals surface area contributed by atoms with Crippen LogP contribution in [0.15, 0.2) is 65.7 Å². The van der Waals surface area contributed by atoms with Gasteiger partial charge in [0, 0.05) is 36.4 Å². The van der Waals surface area contributed by atoms with Gasteiger partial charge < -0.3 is 25.6 Å². The van der Waals surface area contributed by atoms with Crippen LogP contribution in [0.3, 0.4) is 0 Å². The molecular formula is C28H26Cl2N6O5. The molecule has 11 nitrogen and oxygen atoms in total. The zero-order valence-corrected chi connectivity index (χ0v) is 23.2. The van der Waals surface area contributed by atoms with E-state index < -0.39 is 29.6 Å². The van der Waals surface area contributed by atoms with Crippen LogP contribution in [0.5, 0.6) is 0 Å². The summed E-state index contributed by atoms with van der Waals surface area (Å²) in [5.41, 5.74) is 1.50. The van der Waals surface area contributed by atoms with Crippen LogP contribution in [0.2, 0.25) is 10.0 Å². The van der Waals surface area contributed by atoms with Crippen molar-refractivity contribution in [3.63, 3.8) is 0 Å². The maximum atomic E-state index is 12.9. The van der Waals surface area contributed by atoms with Crippen molar-refractivity contribution < 1.29 is 19.5 Å². The molecule has 1 aliphatic heterocycles. The molecule has 4 N–H and O–H groups in total. The molecule has 13 heteroatoms. The first-order valence-corrected chi connectivity index (χ1v) is 13.6. The molecule has 5 rings (SSSR count). The summed E-state index contributed by atoms with van der Waals surface area (Å²) in [7, 11) is 0. The average Bonchev–Trinajstić information content (AvgIpc) is 3.38. The maximum absolute atomic E-state index is 12.9. The molecule has 1 saturated heterocycles. The number of carbonyl (C=O) groups excluding carboxylic acids is 2. The molecular weight excluding hydrogens is 571 g/mol. The summed E-state index contributed by atoms with van der Waals surface area (Å²) >= 11 is 12.1. The van der Waals surface area contributed by atoms with Crippen molar-refractivity contribution in [1.29, 1.82) is 0 Å². The highest BCUT2D eigenvalue weighted by Crippen LogP contribution is 2.33. The number of aromatic nitrogens is 3. The first kappa shape index (κ1) is 28.2. The van der Waals surface area contributed by atoms with E-state index in [4.69, 9.17) is 23.2 Å². The molecule has 3 amide bonds. The number of carboxylic acid groups (broad SMARTS) is 1. The lowest BCUT2D eigenvalue weighted by Gasteiger charge is -2.32. The summed E-state index contributed by atoms with van der Waals surface area (Å²) in [5, 5.41) is 16.1. The van der Waals surface area contributed by atoms with Crippen molar-refractivity contribution in [2.75, 3.05) is 18.4 Å². The molecule has 0 unspecified atom stereocenters. The molecule has 2 aromatic carbocycles. The Morgan fingerprint density at radius 3 is 2.44 bits per heavy atom. The van der Waals surface area contributed by atoms with E-state index in [0.29, 0.717) is 13.1 Å². The molecule has 1 aliphatic rings. The number of carboxylic acids is 1. The standard InChI is InChI=1S/C28H26Cl2N6O5/c29-19-5-3-6-20(30)24(19)25(37)33-23-10-13-36(28(41)34-23)15-22(26(38)39)32-27(40)35-11-8-16(9-12-35)18-14-31-21-7-2-1-4-17(18)21/h1-7,10,13-14,16,22,31H,8-9,11-12,15H2,(H,32,40)(H,38,39)(H,33,34,37,41)/t22-/m0/s1. The minimum Gasteiger partial charge on any atom is -0.480 e. The number of aliphatic carboxylic acids is 1. The van der Waals surface area contributed by atoms with Crippen molar-refractivity contribution in [2.45, 2.75) is 31.3 Å². The van der Waals surface area contributed by atoms with E-state index in [2.05, 4.69) is 26.7 Å². The van der Waals surface area contributed by atoms with E-state index in [-0.39, 0.29) is 33.9 Å². The molecule has 1 fully saturated rings. The zero-order valence-electron chi connectivity index (χ0n) is 21.6. The van der Waals surface area contributed by atoms with Gasteiger partial charge in [-0.1, -0.05) is 47.5 Å². The number of aromatic amines is 1. The Bertz CT molecular complexity index is 1660. The number of anilines is 1. The van der Waals surface area contributed by atoms with Gasteiger partial charge in [-0.25, -0.2) is 14.4 Å². The number of H-pyrrole nitrogens is 1. The molecule has 3 heterocycles. The number of carbonyl (C=O) groups is 3. The molecule has 0 aliphatic carbocycles. The van der Waals surface area contributed by atoms with E-state index >= 15 is 0 Å². The summed E-state index contributed by atoms with van der Waals surface area (Å²) in [4.78, 5) is 58.7. The third kappa shape index (κ3) is 6.21. The number of amides is 3. The third-order valence-corrected chi connectivity index (χ3v) is 7.75. The number of nitrogens with one attached hydrogen (secondary N) is 3. The Morgan fingerprint density at radius 1 is 1.05 bits per heavy atom. The maximum Gasteiger partial charge on any atom is 0.349 e. The van der Waals surface area contributed by atoms with Gasteiger partial charge >= 0.3 is 17.7 Å². The van der Waals surface area contributed by atoms with Crippen LogP contribution in [-0.2, 0) is 11.3 Å². The van der Waals surface area contributed by atoms with E-state index in [9.17, 15) is 24.3 Å². The lowest BCUT2D eigenvalue weighted by atomic mass is 9.89. The second kappa shape index (κ2) is 12.0. The normalized spacial score (nSPS) is 14.5. The summed E-state index contributed by atoms with van der Waals surface area (Å²) in [6.07, 6.45) is 4.78. The van der Waals surface area contributed by atoms with Crippen molar-refractivity contribution in [3.05, 3.63) is 92.6 Å². The number of hydrogen-bond acceptors (Lipinski definition) is 5. The zero-order chi connectivity index (χ0) is 29.1. The number of urea groups is 1. The van der Waals surface area contributed by atoms with Gasteiger partial charge in [0.15, 0.2) is 0 Å². The fraction of sp³-hybridized carbons (Fsp3) is 0.250. The molecule has 0 bridgehead atoms. The van der Waals surface area contributed by atoms with Crippen LogP contribution in [-0.4, -0.2) is 61.6 Å². The van der Waals surface area contributed by atoms with E-state index in [1.807, 2.05) is 24.4 Å². The topological polar surface area (TPSA) is 149 Å². The predicted molar refractivity (Wildman–Crippen MR) is 155 cm³/mol. The molecule has 41 heavy (non-hydrogen) atoms. The fourth-order valence-corrected chi connectivity index (χ4v) is 5.55. The lowest BCUT2D eigenvalue weighted by molar-refractivity contribution is -0.139. The summed E-state index contributed by atoms with van der Waals surface area (Å²) in [5.74, 6) is -1.75. The lowest BCUT2D eigenvalue weighted by Crippen LogP contribution is -2.52. The molecule has 4 aromatic rings. The van der Waals surface area contributed by atoms with Crippen LogP contribution in [0.4, 0.5) is 10.6 Å². The molecule has 212 valence electrons. The van der Waals surface area contributed by atoms with Crippen molar-refractivity contribution >= 4 is 57.8 Å². The van der Waals surface area contributed by atoms with Crippen molar-refractivity contribution in [3.8, 4) is 0 Å². The molecule has 0 radical (unpaired) electrons. The van der Waals surface area contributed by atoms with Crippen LogP contribution in [0.25, 0.3) is 10.9 Å². The van der Waals surface area contributed by atoms with Gasteiger partial charge in [0.2, 0.25) is 0 Å². The summed E-state index contributed by atoms with van der Waals surface area (Å²) < 4.78 is 1.04. The predicted octanol–water partition coefficient (Wildman–Crippen LogP) is 4.33. The number of para-hydroxylation sites is 1. The highest BCUT2D eigenvalue weighted by atomic mass is 35.5. The van der Waals surface area contributed by atoms with Crippen LogP contribution in [0.1, 0.15) is 34.7 Å². The smallest absolute Gasteiger partial charge is 0.349 e. The number of nitrogens with zero attached hydrogens (tertiary/aromatic N) is 3. The highest BCUT2D eigenvalue weighted by molar-refractivity contribution is 6.40. The fourth-order valence-electron chi connectivity index (χ4n) is 4.98. The number of rotatable bonds is 7. The van der Waals surface area contributed by atoms with Crippen LogP contribution >= 0.6 is 23.2 Å². The van der Waals surface area contributed by atoms with Crippen molar-refractivity contribution in [2.24, 2.45) is 0 Å². The SMILES string of the molecule is O=C(Nc1ccn(C[C@H](NC(=O)N2CCC(c3c[nH]c4ccccc34)CC2)C(=O)O)c(=O)n1)c1c(Cl)cccc1Cl. The van der Waals surface area contributed by atoms with Gasteiger partial charge in [-0.2, -0.15) is 4.98 Å². The molecule has 0 saturated carbocycles. The Labute approximate surface area is 244 Å². The third-order valence-electron chi connectivity index (χ3n) is 7.12. The number of piperidine rings is 1. The Morgan fingerprint density at radius 2 is 1.76 bits per heavy atom. The van der Waals surface area contributed by atoms with Crippen LogP contribution in [0, 0.1) is 0 Å². The molecule has 1 atom stereocenters. The number of halogens is 2. The van der Waals surface area contributed by atoms with E-state index in [1.165, 1.54) is 35.3 Å². The Balaban J connectivity index is 1.19. The molecule has 2 aromatic heterocycles. The van der Waals surface area contributed by atoms with Crippen molar-refractivity contribution in [1.82, 2.24) is 24.8 Å². The van der Waals surface area contributed by atoms with Gasteiger partial charge in [-0.3, -0.25) is 9.36 Å². The second-order valence-electron chi connectivity index (χ2n) is 9.69. The molecule has 0 spiro atoms. The number of benzene rings is 2. The van der Waals surface area contributed by atoms with Gasteiger partial charge in [0.05, 0.1) is 22.2 Å². The minimum atomic E-state index is -1.38.